The smallest absolute Gasteiger partial charge is 0.126 e. The average Bonchev–Trinajstić information content (AvgIpc) is 2.40. The molecule has 0 heterocycles. The second kappa shape index (κ2) is 6.41. The van der Waals surface area contributed by atoms with Crippen LogP contribution in [0, 0.1) is 0 Å². The first-order chi connectivity index (χ1) is 9.05. The topological polar surface area (TPSA) is 0 Å². The molecule has 0 aliphatic heterocycles. The van der Waals surface area contributed by atoms with E-state index in [0.29, 0.717) is 10.6 Å². The highest BCUT2D eigenvalue weighted by atomic mass is 35.5. The zero-order valence-corrected chi connectivity index (χ0v) is 13.5. The third-order valence-electron chi connectivity index (χ3n) is 2.73. The maximum atomic E-state index is 6.50. The molecule has 4 heteroatoms. The van der Waals surface area contributed by atoms with E-state index in [1.54, 1.807) is 11.8 Å². The minimum Gasteiger partial charge on any atom is -0.126 e. The first kappa shape index (κ1) is 15.1. The van der Waals surface area contributed by atoms with Gasteiger partial charge in [-0.2, -0.15) is 0 Å². The maximum Gasteiger partial charge on any atom is 0.169 e. The van der Waals surface area contributed by atoms with Crippen LogP contribution < -0.4 is 0 Å². The molecular weight excluding hydrogens is 319 g/mol. The van der Waals surface area contributed by atoms with Crippen molar-refractivity contribution in [3.8, 4) is 0 Å². The Labute approximate surface area is 133 Å². The minimum absolute atomic E-state index is 0.590. The summed E-state index contributed by atoms with van der Waals surface area (Å²) in [5.74, 6) is 1.00. The summed E-state index contributed by atoms with van der Waals surface area (Å²) in [6.07, 6.45) is 0. The molecule has 0 saturated carbocycles. The average molecular weight is 332 g/mol. The summed E-state index contributed by atoms with van der Waals surface area (Å²) >= 11 is 21.0. The van der Waals surface area contributed by atoms with Gasteiger partial charge in [0, 0.05) is 15.5 Å². The number of alkyl halides is 2. The van der Waals surface area contributed by atoms with Crippen LogP contribution in [-0.2, 0) is 4.33 Å². The van der Waals surface area contributed by atoms with E-state index in [1.807, 2.05) is 48.5 Å². The number of thioether (sulfide) groups is 1. The Bertz CT molecular complexity index is 553. The number of benzene rings is 2. The maximum absolute atomic E-state index is 6.50. The molecule has 0 N–H and O–H groups in total. The van der Waals surface area contributed by atoms with Gasteiger partial charge >= 0.3 is 0 Å². The molecule has 0 unspecified atom stereocenters. The number of hydrogen-bond donors (Lipinski definition) is 0. The summed E-state index contributed by atoms with van der Waals surface area (Å²) in [5, 5.41) is 0.590. The van der Waals surface area contributed by atoms with Crippen molar-refractivity contribution in [2.45, 2.75) is 16.2 Å². The molecule has 0 aliphatic rings. The third-order valence-corrected chi connectivity index (χ3v) is 4.76. The van der Waals surface area contributed by atoms with Crippen LogP contribution in [0.15, 0.2) is 53.4 Å². The highest BCUT2D eigenvalue weighted by Gasteiger charge is 2.31. The molecular formula is C15H13Cl3S. The largest absolute Gasteiger partial charge is 0.169 e. The minimum atomic E-state index is -1.13. The van der Waals surface area contributed by atoms with Gasteiger partial charge in [-0.1, -0.05) is 78.1 Å². The molecule has 2 aromatic rings. The fourth-order valence-electron chi connectivity index (χ4n) is 1.81. The van der Waals surface area contributed by atoms with E-state index in [2.05, 4.69) is 6.92 Å². The lowest BCUT2D eigenvalue weighted by molar-refractivity contribution is 1.03. The molecule has 0 nitrogen and oxygen atoms in total. The zero-order chi connectivity index (χ0) is 13.9. The molecule has 0 radical (unpaired) electrons. The van der Waals surface area contributed by atoms with E-state index >= 15 is 0 Å². The molecule has 0 aliphatic carbocycles. The monoisotopic (exact) mass is 330 g/mol. The fourth-order valence-corrected chi connectivity index (χ4v) is 3.57. The van der Waals surface area contributed by atoms with Crippen LogP contribution in [0.4, 0.5) is 0 Å². The van der Waals surface area contributed by atoms with Crippen molar-refractivity contribution in [3.05, 3.63) is 64.7 Å². The van der Waals surface area contributed by atoms with Crippen molar-refractivity contribution in [1.29, 1.82) is 0 Å². The molecule has 0 saturated heterocycles. The van der Waals surface area contributed by atoms with Gasteiger partial charge < -0.3 is 0 Å². The van der Waals surface area contributed by atoms with Gasteiger partial charge in [0.1, 0.15) is 0 Å². The lowest BCUT2D eigenvalue weighted by atomic mass is 10.0. The molecule has 100 valence electrons. The molecule has 19 heavy (non-hydrogen) atoms. The standard InChI is InChI=1S/C15H13Cl3S/c1-2-19-12-8-9-13(14(16)10-12)15(17,18)11-6-4-3-5-7-11/h3-10H,2H2,1H3. The second-order valence-electron chi connectivity index (χ2n) is 4.02. The molecule has 0 aromatic heterocycles. The van der Waals surface area contributed by atoms with Gasteiger partial charge in [-0.05, 0) is 23.4 Å². The Morgan fingerprint density at radius 2 is 1.74 bits per heavy atom. The molecule has 0 atom stereocenters. The van der Waals surface area contributed by atoms with Gasteiger partial charge in [0.2, 0.25) is 0 Å². The predicted octanol–water partition coefficient (Wildman–Crippen LogP) is 6.13. The van der Waals surface area contributed by atoms with Crippen molar-refractivity contribution in [2.75, 3.05) is 5.75 Å². The van der Waals surface area contributed by atoms with Gasteiger partial charge in [-0.15, -0.1) is 11.8 Å². The molecule has 0 bridgehead atoms. The Kier molecular flexibility index (Phi) is 5.08. The summed E-state index contributed by atoms with van der Waals surface area (Å²) < 4.78 is -1.13. The van der Waals surface area contributed by atoms with Crippen LogP contribution in [0.1, 0.15) is 18.1 Å². The van der Waals surface area contributed by atoms with Crippen LogP contribution >= 0.6 is 46.6 Å². The van der Waals surface area contributed by atoms with E-state index in [-0.39, 0.29) is 0 Å². The van der Waals surface area contributed by atoms with Crippen molar-refractivity contribution in [2.24, 2.45) is 0 Å². The fraction of sp³-hybridized carbons (Fsp3) is 0.200. The normalized spacial score (nSPS) is 11.6. The van der Waals surface area contributed by atoms with Crippen molar-refractivity contribution >= 4 is 46.6 Å². The van der Waals surface area contributed by atoms with Crippen LogP contribution in [0.3, 0.4) is 0 Å². The molecule has 0 amide bonds. The van der Waals surface area contributed by atoms with Crippen LogP contribution in [0.5, 0.6) is 0 Å². The van der Waals surface area contributed by atoms with Gasteiger partial charge in [0.05, 0.1) is 0 Å². The Morgan fingerprint density at radius 3 is 2.32 bits per heavy atom. The van der Waals surface area contributed by atoms with Crippen LogP contribution in [0.25, 0.3) is 0 Å². The number of hydrogen-bond acceptors (Lipinski definition) is 1. The van der Waals surface area contributed by atoms with Crippen LogP contribution in [-0.4, -0.2) is 5.75 Å². The lowest BCUT2D eigenvalue weighted by Crippen LogP contribution is -2.12. The first-order valence-electron chi connectivity index (χ1n) is 5.92. The Morgan fingerprint density at radius 1 is 1.05 bits per heavy atom. The van der Waals surface area contributed by atoms with E-state index in [0.717, 1.165) is 16.2 Å². The van der Waals surface area contributed by atoms with E-state index in [4.69, 9.17) is 34.8 Å². The Balaban J connectivity index is 2.41. The second-order valence-corrected chi connectivity index (χ2v) is 7.09. The SMILES string of the molecule is CCSc1ccc(C(Cl)(Cl)c2ccccc2)c(Cl)c1. The van der Waals surface area contributed by atoms with E-state index < -0.39 is 4.33 Å². The summed E-state index contributed by atoms with van der Waals surface area (Å²) in [4.78, 5) is 1.12. The first-order valence-corrected chi connectivity index (χ1v) is 8.04. The summed E-state index contributed by atoms with van der Waals surface area (Å²) in [6.45, 7) is 2.10. The van der Waals surface area contributed by atoms with Crippen molar-refractivity contribution in [1.82, 2.24) is 0 Å². The molecule has 0 fully saturated rings. The van der Waals surface area contributed by atoms with Crippen molar-refractivity contribution in [3.63, 3.8) is 0 Å². The summed E-state index contributed by atoms with van der Waals surface area (Å²) in [5.41, 5.74) is 1.53. The van der Waals surface area contributed by atoms with E-state index in [9.17, 15) is 0 Å². The molecule has 0 spiro atoms. The Hall–Kier alpha value is -0.340. The predicted molar refractivity (Wildman–Crippen MR) is 86.8 cm³/mol. The number of halogens is 3. The third kappa shape index (κ3) is 3.41. The van der Waals surface area contributed by atoms with Gasteiger partial charge in [0.15, 0.2) is 4.33 Å². The molecule has 2 rings (SSSR count). The quantitative estimate of drug-likeness (QED) is 0.479. The summed E-state index contributed by atoms with van der Waals surface area (Å²) in [7, 11) is 0. The zero-order valence-electron chi connectivity index (χ0n) is 10.4. The van der Waals surface area contributed by atoms with E-state index in [1.165, 1.54) is 0 Å². The summed E-state index contributed by atoms with van der Waals surface area (Å²) in [6, 6.07) is 15.3. The number of rotatable bonds is 4. The highest BCUT2D eigenvalue weighted by molar-refractivity contribution is 7.99. The van der Waals surface area contributed by atoms with Gasteiger partial charge in [-0.3, -0.25) is 0 Å². The van der Waals surface area contributed by atoms with Gasteiger partial charge in [-0.25, -0.2) is 0 Å². The van der Waals surface area contributed by atoms with Crippen molar-refractivity contribution < 1.29 is 0 Å². The van der Waals surface area contributed by atoms with Gasteiger partial charge in [0.25, 0.3) is 0 Å². The molecule has 2 aromatic carbocycles. The van der Waals surface area contributed by atoms with Crippen LogP contribution in [0.2, 0.25) is 5.02 Å². The lowest BCUT2D eigenvalue weighted by Gasteiger charge is -2.22. The highest BCUT2D eigenvalue weighted by Crippen LogP contribution is 2.44.